The highest BCUT2D eigenvalue weighted by Crippen LogP contribution is 2.51. The van der Waals surface area contributed by atoms with E-state index in [1.165, 1.54) is 61.3 Å². The quantitative estimate of drug-likeness (QED) is 0.164. The molecule has 0 amide bonds. The van der Waals surface area contributed by atoms with Gasteiger partial charge < -0.3 is 9.32 Å². The van der Waals surface area contributed by atoms with Crippen molar-refractivity contribution in [1.29, 1.82) is 0 Å². The molecule has 0 unspecified atom stereocenters. The van der Waals surface area contributed by atoms with E-state index in [9.17, 15) is 0 Å². The summed E-state index contributed by atoms with van der Waals surface area (Å²) in [5.41, 5.74) is 19.4. The van der Waals surface area contributed by atoms with Crippen molar-refractivity contribution in [3.05, 3.63) is 131 Å². The molecule has 7 aromatic rings. The van der Waals surface area contributed by atoms with Crippen LogP contribution in [-0.4, -0.2) is 11.7 Å². The molecule has 0 atom stereocenters. The molecule has 3 aliphatic rings. The second-order valence-electron chi connectivity index (χ2n) is 20.9. The number of fused-ring (bicyclic) bond motifs is 8. The van der Waals surface area contributed by atoms with Gasteiger partial charge in [-0.15, -0.1) is 0 Å². The first kappa shape index (κ1) is 37.0. The van der Waals surface area contributed by atoms with Gasteiger partial charge in [0.2, 0.25) is 0 Å². The van der Waals surface area contributed by atoms with Crippen molar-refractivity contribution in [2.75, 3.05) is 9.80 Å². The van der Waals surface area contributed by atoms with Crippen molar-refractivity contribution in [3.63, 3.8) is 0 Å². The van der Waals surface area contributed by atoms with Gasteiger partial charge in [-0.2, -0.15) is 0 Å². The SMILES string of the molecule is Cc1ccc2c(c1)B1c3cc4c(cc3N(c3cccc5c3oc3c(C(C)(C)C)cccc35)c3cc(C)nc(c31)N2c1ccc(C(C)(C)C)cc1)C(C)(C)CCC4(C)C. The minimum atomic E-state index is -0.0721. The fraction of sp³-hybridized carbons (Fsp3) is 0.340. The molecule has 0 fully saturated rings. The van der Waals surface area contributed by atoms with Gasteiger partial charge in [0, 0.05) is 44.8 Å². The van der Waals surface area contributed by atoms with Crippen molar-refractivity contribution in [2.45, 2.75) is 118 Å². The minimum Gasteiger partial charge on any atom is -0.454 e. The first-order chi connectivity index (χ1) is 27.3. The van der Waals surface area contributed by atoms with E-state index < -0.39 is 0 Å². The number of hydrogen-bond acceptors (Lipinski definition) is 4. The molecule has 0 bridgehead atoms. The summed E-state index contributed by atoms with van der Waals surface area (Å²) in [7, 11) is 0. The van der Waals surface area contributed by atoms with E-state index in [4.69, 9.17) is 9.40 Å². The van der Waals surface area contributed by atoms with Crippen LogP contribution in [0.1, 0.15) is 116 Å². The van der Waals surface area contributed by atoms with Crippen molar-refractivity contribution >= 4 is 79.3 Å². The van der Waals surface area contributed by atoms with Gasteiger partial charge in [-0.3, -0.25) is 4.90 Å². The first-order valence-electron chi connectivity index (χ1n) is 21.3. The molecule has 292 valence electrons. The Balaban J connectivity index is 1.33. The highest BCUT2D eigenvalue weighted by molar-refractivity contribution is 7.00. The maximum atomic E-state index is 7.17. The Bertz CT molecular complexity index is 2850. The molecule has 0 saturated heterocycles. The average Bonchev–Trinajstić information content (AvgIpc) is 3.55. The van der Waals surface area contributed by atoms with Gasteiger partial charge in [0.05, 0.1) is 5.69 Å². The molecule has 0 radical (unpaired) electrons. The van der Waals surface area contributed by atoms with Gasteiger partial charge >= 0.3 is 0 Å². The molecule has 0 N–H and O–H groups in total. The third kappa shape index (κ3) is 5.37. The Hall–Kier alpha value is -5.29. The van der Waals surface area contributed by atoms with E-state index in [0.29, 0.717) is 0 Å². The van der Waals surface area contributed by atoms with Crippen LogP contribution < -0.4 is 26.2 Å². The first-order valence-corrected chi connectivity index (χ1v) is 21.3. The number of benzene rings is 5. The summed E-state index contributed by atoms with van der Waals surface area (Å²) in [5.74, 6) is 1.000. The molecule has 5 heteroatoms. The van der Waals surface area contributed by atoms with Crippen LogP contribution in [0.4, 0.5) is 34.3 Å². The zero-order valence-electron chi connectivity index (χ0n) is 36.5. The van der Waals surface area contributed by atoms with E-state index in [0.717, 1.165) is 57.7 Å². The molecule has 10 rings (SSSR count). The average molecular weight is 762 g/mol. The molecule has 4 heterocycles. The fourth-order valence-electron chi connectivity index (χ4n) is 10.4. The maximum Gasteiger partial charge on any atom is 0.254 e. The number of aromatic nitrogens is 1. The standard InChI is InChI=1S/C53H56BN3O/c1-31-19-24-42-40(27-31)54-41-29-38-39(53(11,12)26-25-52(38,9)10)30-44(41)57(43-18-14-16-36-35-15-13-17-37(51(6,7)8)47(35)58-48(36)43)45-28-32(2)55-49(46(45)54)56(42)34-22-20-33(21-23-34)50(3,4)5/h13-24,27-30H,25-26H2,1-12H3. The lowest BCUT2D eigenvalue weighted by atomic mass is 9.33. The highest BCUT2D eigenvalue weighted by Gasteiger charge is 2.47. The van der Waals surface area contributed by atoms with Gasteiger partial charge in [0.25, 0.3) is 6.71 Å². The van der Waals surface area contributed by atoms with Crippen molar-refractivity contribution in [1.82, 2.24) is 4.98 Å². The van der Waals surface area contributed by atoms with E-state index in [2.05, 4.69) is 190 Å². The normalized spacial score (nSPS) is 16.7. The second-order valence-corrected chi connectivity index (χ2v) is 20.9. The summed E-state index contributed by atoms with van der Waals surface area (Å²) in [6.45, 7) is 27.8. The third-order valence-electron chi connectivity index (χ3n) is 13.7. The molecule has 2 aliphatic heterocycles. The molecule has 5 aromatic carbocycles. The highest BCUT2D eigenvalue weighted by atomic mass is 16.3. The number of para-hydroxylation sites is 2. The van der Waals surface area contributed by atoms with Gasteiger partial charge in [0.1, 0.15) is 11.4 Å². The van der Waals surface area contributed by atoms with Crippen molar-refractivity contribution in [2.24, 2.45) is 0 Å². The van der Waals surface area contributed by atoms with Gasteiger partial charge in [-0.05, 0) is 118 Å². The summed E-state index contributed by atoms with van der Waals surface area (Å²) in [6, 6.07) is 37.1. The molecule has 4 nitrogen and oxygen atoms in total. The lowest BCUT2D eigenvalue weighted by molar-refractivity contribution is 0.332. The third-order valence-corrected chi connectivity index (χ3v) is 13.7. The number of pyridine rings is 1. The lowest BCUT2D eigenvalue weighted by Gasteiger charge is -2.47. The Morgan fingerprint density at radius 1 is 0.603 bits per heavy atom. The van der Waals surface area contributed by atoms with Crippen LogP contribution in [-0.2, 0) is 21.7 Å². The van der Waals surface area contributed by atoms with Crippen LogP contribution in [0.25, 0.3) is 21.9 Å². The zero-order valence-corrected chi connectivity index (χ0v) is 36.5. The minimum absolute atomic E-state index is 0.00198. The van der Waals surface area contributed by atoms with Crippen LogP contribution in [0, 0.1) is 13.8 Å². The number of hydrogen-bond donors (Lipinski definition) is 0. The summed E-state index contributed by atoms with van der Waals surface area (Å²) in [4.78, 5) is 10.5. The fourth-order valence-corrected chi connectivity index (χ4v) is 10.4. The topological polar surface area (TPSA) is 32.5 Å². The smallest absolute Gasteiger partial charge is 0.254 e. The Morgan fingerprint density at radius 3 is 1.91 bits per heavy atom. The lowest BCUT2D eigenvalue weighted by Crippen LogP contribution is -2.62. The van der Waals surface area contributed by atoms with E-state index in [1.54, 1.807) is 0 Å². The van der Waals surface area contributed by atoms with Gasteiger partial charge in [0.15, 0.2) is 5.58 Å². The summed E-state index contributed by atoms with van der Waals surface area (Å²) >= 11 is 0. The number of rotatable bonds is 2. The Kier molecular flexibility index (Phi) is 7.74. The van der Waals surface area contributed by atoms with Crippen LogP contribution in [0.15, 0.2) is 101 Å². The number of nitrogens with zero attached hydrogens (tertiary/aromatic N) is 3. The van der Waals surface area contributed by atoms with Crippen LogP contribution in [0.5, 0.6) is 0 Å². The second kappa shape index (κ2) is 12.1. The molecular weight excluding hydrogens is 705 g/mol. The van der Waals surface area contributed by atoms with Crippen molar-refractivity contribution < 1.29 is 4.42 Å². The Morgan fingerprint density at radius 2 is 1.24 bits per heavy atom. The number of furan rings is 1. The predicted octanol–water partition coefficient (Wildman–Crippen LogP) is 12.6. The molecular formula is C53H56BN3O. The van der Waals surface area contributed by atoms with E-state index in [1.807, 2.05) is 0 Å². The summed E-state index contributed by atoms with van der Waals surface area (Å²) in [5, 5.41) is 2.30. The van der Waals surface area contributed by atoms with E-state index in [-0.39, 0.29) is 28.4 Å². The molecule has 1 aliphatic carbocycles. The Labute approximate surface area is 345 Å². The molecule has 58 heavy (non-hydrogen) atoms. The largest absolute Gasteiger partial charge is 0.454 e. The molecule has 2 aromatic heterocycles. The number of anilines is 6. The molecule has 0 spiro atoms. The zero-order chi connectivity index (χ0) is 40.8. The van der Waals surface area contributed by atoms with Crippen LogP contribution >= 0.6 is 0 Å². The van der Waals surface area contributed by atoms with Crippen LogP contribution in [0.3, 0.4) is 0 Å². The maximum absolute atomic E-state index is 7.17. The predicted molar refractivity (Wildman–Crippen MR) is 248 cm³/mol. The van der Waals surface area contributed by atoms with Gasteiger partial charge in [-0.1, -0.05) is 135 Å². The molecule has 0 saturated carbocycles. The monoisotopic (exact) mass is 761 g/mol. The summed E-state index contributed by atoms with van der Waals surface area (Å²) < 4.78 is 7.17. The van der Waals surface area contributed by atoms with Crippen LogP contribution in [0.2, 0.25) is 0 Å². The van der Waals surface area contributed by atoms with Gasteiger partial charge in [-0.25, -0.2) is 4.98 Å². The van der Waals surface area contributed by atoms with Crippen molar-refractivity contribution in [3.8, 4) is 0 Å². The summed E-state index contributed by atoms with van der Waals surface area (Å²) in [6.07, 6.45) is 2.31. The van der Waals surface area contributed by atoms with E-state index >= 15 is 0 Å². The number of aryl methyl sites for hydroxylation is 2.